The van der Waals surface area contributed by atoms with E-state index in [1.807, 2.05) is 6.07 Å². The number of para-hydroxylation sites is 1. The van der Waals surface area contributed by atoms with Gasteiger partial charge in [-0.3, -0.25) is 9.59 Å². The van der Waals surface area contributed by atoms with Crippen molar-refractivity contribution >= 4 is 46.9 Å². The highest BCUT2D eigenvalue weighted by molar-refractivity contribution is 6.32. The Kier molecular flexibility index (Phi) is 10.0. The highest BCUT2D eigenvalue weighted by Crippen LogP contribution is 2.45. The van der Waals surface area contributed by atoms with Crippen LogP contribution in [0.1, 0.15) is 60.5 Å². The summed E-state index contributed by atoms with van der Waals surface area (Å²) < 4.78 is 0. The summed E-state index contributed by atoms with van der Waals surface area (Å²) in [5.74, 6) is -3.44. The highest BCUT2D eigenvalue weighted by Gasteiger charge is 2.39. The molecule has 0 bridgehead atoms. The zero-order chi connectivity index (χ0) is 31.9. The minimum Gasteiger partial charge on any atom is -0.507 e. The van der Waals surface area contributed by atoms with Crippen LogP contribution in [0.15, 0.2) is 54.6 Å². The zero-order valence-electron chi connectivity index (χ0n) is 25.5. The van der Waals surface area contributed by atoms with Crippen molar-refractivity contribution in [2.75, 3.05) is 32.1 Å². The Hall–Kier alpha value is -4.24. The Balaban J connectivity index is 0.000000200. The third-order valence-electron chi connectivity index (χ3n) is 8.12. The van der Waals surface area contributed by atoms with Gasteiger partial charge in [0.15, 0.2) is 0 Å². The molecule has 1 aliphatic heterocycles. The number of ketones is 2. The van der Waals surface area contributed by atoms with E-state index in [1.165, 1.54) is 36.3 Å². The first-order chi connectivity index (χ1) is 20.9. The summed E-state index contributed by atoms with van der Waals surface area (Å²) >= 11 is 6.27. The largest absolute Gasteiger partial charge is 0.507 e. The van der Waals surface area contributed by atoms with Gasteiger partial charge in [0.2, 0.25) is 11.6 Å². The molecule has 0 radical (unpaired) electrons. The SMILES string of the molecule is CN(C)CCCN1c2ccccc2CCc2ccc(Cl)cc21.Cc1cc(O)c2c(c1O)C(=O)c1c(O)cc(C)c(O)c1C2=O.Cl. The fourth-order valence-electron chi connectivity index (χ4n) is 5.90. The van der Waals surface area contributed by atoms with Gasteiger partial charge in [0.1, 0.15) is 23.0 Å². The first-order valence-corrected chi connectivity index (χ1v) is 14.8. The number of carbonyl (C=O) groups is 2. The summed E-state index contributed by atoms with van der Waals surface area (Å²) in [6.07, 6.45) is 3.30. The van der Waals surface area contributed by atoms with Gasteiger partial charge in [-0.15, -0.1) is 12.4 Å². The van der Waals surface area contributed by atoms with Crippen molar-refractivity contribution in [3.05, 3.63) is 104 Å². The lowest BCUT2D eigenvalue weighted by Gasteiger charge is -2.27. The molecule has 45 heavy (non-hydrogen) atoms. The number of carbonyl (C=O) groups excluding carboxylic acids is 2. The van der Waals surface area contributed by atoms with Gasteiger partial charge >= 0.3 is 0 Å². The molecule has 0 spiro atoms. The Morgan fingerprint density at radius 2 is 1.24 bits per heavy atom. The second kappa shape index (κ2) is 13.4. The normalized spacial score (nSPS) is 13.1. The molecule has 10 heteroatoms. The maximum Gasteiger partial charge on any atom is 0.202 e. The van der Waals surface area contributed by atoms with Gasteiger partial charge in [0.25, 0.3) is 0 Å². The molecule has 0 aromatic heterocycles. The van der Waals surface area contributed by atoms with Crippen LogP contribution in [0, 0.1) is 13.8 Å². The molecule has 0 saturated heterocycles. The van der Waals surface area contributed by atoms with E-state index in [-0.39, 0.29) is 45.8 Å². The number of hydrogen-bond acceptors (Lipinski definition) is 8. The van der Waals surface area contributed by atoms with Gasteiger partial charge in [0.05, 0.1) is 22.3 Å². The number of nitrogens with zero attached hydrogens (tertiary/aromatic N) is 2. The van der Waals surface area contributed by atoms with Crippen molar-refractivity contribution < 1.29 is 30.0 Å². The smallest absolute Gasteiger partial charge is 0.202 e. The maximum absolute atomic E-state index is 12.6. The molecule has 0 saturated carbocycles. The van der Waals surface area contributed by atoms with Gasteiger partial charge in [0, 0.05) is 22.9 Å². The van der Waals surface area contributed by atoms with E-state index in [0.29, 0.717) is 0 Å². The van der Waals surface area contributed by atoms with Crippen molar-refractivity contribution in [2.24, 2.45) is 0 Å². The van der Waals surface area contributed by atoms with Gasteiger partial charge in [-0.25, -0.2) is 0 Å². The Morgan fingerprint density at radius 1 is 0.733 bits per heavy atom. The molecule has 2 aliphatic rings. The molecule has 6 rings (SSSR count). The second-order valence-electron chi connectivity index (χ2n) is 11.5. The Morgan fingerprint density at radius 3 is 1.78 bits per heavy atom. The Labute approximate surface area is 273 Å². The van der Waals surface area contributed by atoms with Crippen LogP contribution in [0.25, 0.3) is 0 Å². The van der Waals surface area contributed by atoms with Crippen LogP contribution in [0.4, 0.5) is 11.4 Å². The molecule has 0 unspecified atom stereocenters. The van der Waals surface area contributed by atoms with Crippen LogP contribution in [0.5, 0.6) is 23.0 Å². The topological polar surface area (TPSA) is 122 Å². The monoisotopic (exact) mass is 650 g/mol. The fraction of sp³-hybridized carbons (Fsp3) is 0.257. The van der Waals surface area contributed by atoms with E-state index in [1.54, 1.807) is 0 Å². The lowest BCUT2D eigenvalue weighted by atomic mass is 9.80. The van der Waals surface area contributed by atoms with E-state index >= 15 is 0 Å². The number of aryl methyl sites for hydroxylation is 4. The highest BCUT2D eigenvalue weighted by atomic mass is 35.5. The van der Waals surface area contributed by atoms with E-state index < -0.39 is 34.6 Å². The first-order valence-electron chi connectivity index (χ1n) is 14.4. The number of hydrogen-bond donors (Lipinski definition) is 4. The van der Waals surface area contributed by atoms with Gasteiger partial charge in [-0.05, 0) is 106 Å². The van der Waals surface area contributed by atoms with E-state index in [9.17, 15) is 30.0 Å². The van der Waals surface area contributed by atoms with Crippen molar-refractivity contribution in [1.29, 1.82) is 0 Å². The van der Waals surface area contributed by atoms with Gasteiger partial charge in [-0.2, -0.15) is 0 Å². The molecule has 0 fully saturated rings. The van der Waals surface area contributed by atoms with E-state index in [0.717, 1.165) is 49.5 Å². The second-order valence-corrected chi connectivity index (χ2v) is 11.9. The maximum atomic E-state index is 12.6. The summed E-state index contributed by atoms with van der Waals surface area (Å²) in [5.41, 5.74) is 4.39. The number of anilines is 2. The lowest BCUT2D eigenvalue weighted by Crippen LogP contribution is -2.24. The number of phenols is 4. The summed E-state index contributed by atoms with van der Waals surface area (Å²) in [5, 5.41) is 40.9. The predicted molar refractivity (Wildman–Crippen MR) is 179 cm³/mol. The summed E-state index contributed by atoms with van der Waals surface area (Å²) in [7, 11) is 4.25. The zero-order valence-corrected chi connectivity index (χ0v) is 27.1. The van der Waals surface area contributed by atoms with E-state index in [2.05, 4.69) is 60.3 Å². The van der Waals surface area contributed by atoms with Crippen LogP contribution in [0.2, 0.25) is 5.02 Å². The molecular formula is C35H36Cl2N2O6. The first kappa shape index (κ1) is 33.6. The molecular weight excluding hydrogens is 615 g/mol. The number of phenolic OH excluding ortho intramolecular Hbond substituents is 4. The van der Waals surface area contributed by atoms with Gasteiger partial charge < -0.3 is 30.2 Å². The quantitative estimate of drug-likeness (QED) is 0.156. The fourth-order valence-corrected chi connectivity index (χ4v) is 6.07. The molecule has 236 valence electrons. The molecule has 8 nitrogen and oxygen atoms in total. The third-order valence-corrected chi connectivity index (χ3v) is 8.35. The molecule has 4 aromatic rings. The van der Waals surface area contributed by atoms with Crippen LogP contribution in [-0.4, -0.2) is 64.1 Å². The standard InChI is InChI=1S/C19H23ClN2.C16H12O6.ClH/c1-21(2)12-5-13-22-18-7-4-3-6-15(18)8-9-16-10-11-17(20)14-19(16)22;1-5-3-7(17)9-11(13(5)19)15(21)10-8(18)4-6(2)14(20)12(10)16(9)22;/h3-4,6-7,10-11,14H,5,8-9,12-13H2,1-2H3;3-4,17-20H,1-2H3;1H. The summed E-state index contributed by atoms with van der Waals surface area (Å²) in [6.45, 7) is 5.04. The average Bonchev–Trinajstić information content (AvgIpc) is 3.12. The van der Waals surface area contributed by atoms with Crippen LogP contribution < -0.4 is 4.90 Å². The van der Waals surface area contributed by atoms with Crippen LogP contribution in [0.3, 0.4) is 0 Å². The summed E-state index contributed by atoms with van der Waals surface area (Å²) in [4.78, 5) is 29.8. The third kappa shape index (κ3) is 6.31. The van der Waals surface area contributed by atoms with Crippen molar-refractivity contribution in [2.45, 2.75) is 33.1 Å². The molecule has 1 heterocycles. The number of fused-ring (bicyclic) bond motifs is 4. The van der Waals surface area contributed by atoms with Crippen LogP contribution >= 0.6 is 24.0 Å². The van der Waals surface area contributed by atoms with Crippen molar-refractivity contribution in [3.8, 4) is 23.0 Å². The number of rotatable bonds is 4. The molecule has 0 amide bonds. The number of aromatic hydroxyl groups is 4. The number of benzene rings is 4. The predicted octanol–water partition coefficient (Wildman–Crippen LogP) is 6.85. The molecule has 1 aliphatic carbocycles. The van der Waals surface area contributed by atoms with Crippen LogP contribution in [-0.2, 0) is 12.8 Å². The molecule has 4 N–H and O–H groups in total. The molecule has 0 atom stereocenters. The lowest BCUT2D eigenvalue weighted by molar-refractivity contribution is 0.0969. The molecule has 4 aromatic carbocycles. The minimum atomic E-state index is -0.825. The van der Waals surface area contributed by atoms with Gasteiger partial charge in [-0.1, -0.05) is 35.9 Å². The summed E-state index contributed by atoms with van der Waals surface area (Å²) in [6, 6.07) is 17.4. The van der Waals surface area contributed by atoms with Crippen molar-refractivity contribution in [1.82, 2.24) is 4.90 Å². The average molecular weight is 652 g/mol. The minimum absolute atomic E-state index is 0. The van der Waals surface area contributed by atoms with Crippen molar-refractivity contribution in [3.63, 3.8) is 0 Å². The Bertz CT molecular complexity index is 1730. The van der Waals surface area contributed by atoms with E-state index in [4.69, 9.17) is 11.6 Å². The number of halogens is 2.